The summed E-state index contributed by atoms with van der Waals surface area (Å²) in [6.07, 6.45) is 6.63. The number of amides is 2. The summed E-state index contributed by atoms with van der Waals surface area (Å²) in [6, 6.07) is 5.61. The van der Waals surface area contributed by atoms with Crippen LogP contribution in [0.2, 0.25) is 5.02 Å². The van der Waals surface area contributed by atoms with E-state index in [-0.39, 0.29) is 42.1 Å². The van der Waals surface area contributed by atoms with E-state index in [2.05, 4.69) is 20.1 Å². The lowest BCUT2D eigenvalue weighted by atomic mass is 9.66. The van der Waals surface area contributed by atoms with E-state index in [1.54, 1.807) is 53.9 Å². The number of thioether (sulfide) groups is 1. The second-order valence-corrected chi connectivity index (χ2v) is 12.4. The van der Waals surface area contributed by atoms with Gasteiger partial charge in [0.25, 0.3) is 5.91 Å². The zero-order chi connectivity index (χ0) is 27.6. The average molecular weight is 561 g/mol. The third-order valence-electron chi connectivity index (χ3n) is 8.20. The fourth-order valence-corrected chi connectivity index (χ4v) is 9.11. The van der Waals surface area contributed by atoms with E-state index in [0.717, 1.165) is 19.3 Å². The summed E-state index contributed by atoms with van der Waals surface area (Å²) in [7, 11) is 0. The topological polar surface area (TPSA) is 87.2 Å². The van der Waals surface area contributed by atoms with E-state index >= 15 is 0 Å². The molecule has 3 saturated heterocycles. The number of likely N-dealkylation sites (tertiary alicyclic amines) is 1. The van der Waals surface area contributed by atoms with Gasteiger partial charge in [0.05, 0.1) is 46.5 Å². The minimum Gasteiger partial charge on any atom is -0.465 e. The monoisotopic (exact) mass is 560 g/mol. The molecule has 0 radical (unpaired) electrons. The van der Waals surface area contributed by atoms with E-state index in [1.807, 2.05) is 6.08 Å². The van der Waals surface area contributed by atoms with Crippen molar-refractivity contribution in [3.8, 4) is 0 Å². The summed E-state index contributed by atoms with van der Waals surface area (Å²) >= 11 is 8.09. The summed E-state index contributed by atoms with van der Waals surface area (Å²) in [5.74, 6) is -2.23. The number of carbonyl (C=O) groups is 3. The molecule has 7 nitrogen and oxygen atoms in total. The van der Waals surface area contributed by atoms with Gasteiger partial charge in [-0.25, -0.2) is 0 Å². The normalized spacial score (nSPS) is 30.2. The van der Waals surface area contributed by atoms with E-state index in [1.165, 1.54) is 4.90 Å². The van der Waals surface area contributed by atoms with Crippen molar-refractivity contribution >= 4 is 46.8 Å². The molecular weight excluding hydrogens is 524 g/mol. The highest BCUT2D eigenvalue weighted by atomic mass is 35.5. The Balaban J connectivity index is 1.72. The molecule has 2 amide bonds. The number of allylic oxidation sites excluding steroid dienone is 1. The standard InChI is InChI=1S/C29H37ClN2O5S/c1-5-7-8-11-15-37-28(36)23-22-16-18(3)29(38-22)24(23)26(34)32(19(4)17-33)25(29)27(35)31(14-6-2)21-13-10-9-12-20(21)30/h5-6,9-10,12-13,18-19,22-25,33H,1-2,7-8,11,14-17H2,3-4H3/t18?,19-,22+,23-,24+,25?,29?/m1/s1. The number of nitrogens with zero attached hydrogens (tertiary/aromatic N) is 2. The molecule has 3 heterocycles. The average Bonchev–Trinajstić information content (AvgIpc) is 3.50. The molecule has 0 aliphatic carbocycles. The first-order valence-corrected chi connectivity index (χ1v) is 14.5. The van der Waals surface area contributed by atoms with Crippen molar-refractivity contribution in [3.05, 3.63) is 54.6 Å². The summed E-state index contributed by atoms with van der Waals surface area (Å²) in [5, 5.41) is 10.4. The Morgan fingerprint density at radius 3 is 2.71 bits per heavy atom. The molecule has 0 aromatic heterocycles. The lowest BCUT2D eigenvalue weighted by molar-refractivity contribution is -0.155. The molecule has 3 aliphatic heterocycles. The minimum absolute atomic E-state index is 0.00441. The van der Waals surface area contributed by atoms with Crippen molar-refractivity contribution in [1.82, 2.24) is 4.90 Å². The predicted octanol–water partition coefficient (Wildman–Crippen LogP) is 4.48. The van der Waals surface area contributed by atoms with E-state index in [9.17, 15) is 19.5 Å². The molecule has 2 bridgehead atoms. The van der Waals surface area contributed by atoms with Gasteiger partial charge in [-0.2, -0.15) is 0 Å². The Morgan fingerprint density at radius 2 is 2.05 bits per heavy atom. The molecule has 1 aromatic carbocycles. The van der Waals surface area contributed by atoms with Crippen LogP contribution >= 0.6 is 23.4 Å². The van der Waals surface area contributed by atoms with Crippen LogP contribution in [-0.4, -0.2) is 69.6 Å². The Hall–Kier alpha value is -2.29. The second kappa shape index (κ2) is 11.8. The van der Waals surface area contributed by atoms with Crippen LogP contribution in [0.1, 0.15) is 39.5 Å². The number of hydrogen-bond donors (Lipinski definition) is 1. The van der Waals surface area contributed by atoms with Crippen LogP contribution in [0.5, 0.6) is 0 Å². The SMILES string of the molecule is C=CCCCCOC(=O)[C@@H]1[C@@H]2CC(C)C3(S2)C(C(=O)N(CC=C)c2ccccc2Cl)N([C@H](C)CO)C(=O)[C@H]13. The number of anilines is 1. The number of ether oxygens (including phenoxy) is 1. The number of halogens is 1. The van der Waals surface area contributed by atoms with Crippen molar-refractivity contribution in [1.29, 1.82) is 0 Å². The fourth-order valence-electron chi connectivity index (χ4n) is 6.48. The minimum atomic E-state index is -0.867. The summed E-state index contributed by atoms with van der Waals surface area (Å²) in [4.78, 5) is 45.1. The zero-order valence-corrected chi connectivity index (χ0v) is 23.6. The van der Waals surface area contributed by atoms with Crippen LogP contribution in [0.4, 0.5) is 5.69 Å². The first-order valence-electron chi connectivity index (χ1n) is 13.3. The molecule has 1 N–H and O–H groups in total. The first kappa shape index (κ1) is 28.7. The van der Waals surface area contributed by atoms with Gasteiger partial charge in [-0.15, -0.1) is 24.9 Å². The third kappa shape index (κ3) is 4.69. The molecule has 38 heavy (non-hydrogen) atoms. The predicted molar refractivity (Wildman–Crippen MR) is 151 cm³/mol. The Morgan fingerprint density at radius 1 is 1.32 bits per heavy atom. The van der Waals surface area contributed by atoms with Gasteiger partial charge in [0.2, 0.25) is 5.91 Å². The van der Waals surface area contributed by atoms with Crippen molar-refractivity contribution in [2.75, 3.05) is 24.7 Å². The number of carbonyl (C=O) groups excluding carboxylic acids is 3. The van der Waals surface area contributed by atoms with Gasteiger partial charge in [0, 0.05) is 11.8 Å². The van der Waals surface area contributed by atoms with Gasteiger partial charge in [0.1, 0.15) is 6.04 Å². The zero-order valence-electron chi connectivity index (χ0n) is 22.1. The van der Waals surface area contributed by atoms with Crippen LogP contribution < -0.4 is 4.90 Å². The summed E-state index contributed by atoms with van der Waals surface area (Å²) in [5.41, 5.74) is 0.531. The van der Waals surface area contributed by atoms with Gasteiger partial charge in [-0.1, -0.05) is 42.8 Å². The van der Waals surface area contributed by atoms with Crippen molar-refractivity contribution in [2.24, 2.45) is 17.8 Å². The lowest BCUT2D eigenvalue weighted by Crippen LogP contribution is -2.59. The molecule has 7 atom stereocenters. The van der Waals surface area contributed by atoms with E-state index < -0.39 is 28.7 Å². The molecule has 4 rings (SSSR count). The van der Waals surface area contributed by atoms with Crippen molar-refractivity contribution in [2.45, 2.75) is 61.6 Å². The van der Waals surface area contributed by atoms with Crippen LogP contribution in [0.15, 0.2) is 49.6 Å². The van der Waals surface area contributed by atoms with Crippen LogP contribution in [-0.2, 0) is 19.1 Å². The highest BCUT2D eigenvalue weighted by Gasteiger charge is 2.77. The van der Waals surface area contributed by atoms with Gasteiger partial charge >= 0.3 is 5.97 Å². The van der Waals surface area contributed by atoms with E-state index in [4.69, 9.17) is 16.3 Å². The molecule has 1 spiro atoms. The van der Waals surface area contributed by atoms with Crippen LogP contribution in [0, 0.1) is 17.8 Å². The smallest absolute Gasteiger partial charge is 0.310 e. The number of esters is 1. The summed E-state index contributed by atoms with van der Waals surface area (Å²) in [6.45, 7) is 11.5. The number of hydrogen-bond acceptors (Lipinski definition) is 6. The number of benzene rings is 1. The van der Waals surface area contributed by atoms with Gasteiger partial charge < -0.3 is 19.6 Å². The highest BCUT2D eigenvalue weighted by Crippen LogP contribution is 2.69. The molecule has 0 saturated carbocycles. The number of para-hydroxylation sites is 1. The fraction of sp³-hybridized carbons (Fsp3) is 0.552. The largest absolute Gasteiger partial charge is 0.465 e. The van der Waals surface area contributed by atoms with Gasteiger partial charge in [0.15, 0.2) is 0 Å². The van der Waals surface area contributed by atoms with Crippen LogP contribution in [0.25, 0.3) is 0 Å². The Kier molecular flexibility index (Phi) is 8.95. The molecule has 3 fully saturated rings. The second-order valence-electron chi connectivity index (χ2n) is 10.5. The summed E-state index contributed by atoms with van der Waals surface area (Å²) < 4.78 is 4.86. The molecule has 3 aliphatic rings. The highest BCUT2D eigenvalue weighted by molar-refractivity contribution is 8.02. The lowest BCUT2D eigenvalue weighted by Gasteiger charge is -2.41. The molecule has 3 unspecified atom stereocenters. The van der Waals surface area contributed by atoms with E-state index in [0.29, 0.717) is 23.7 Å². The maximum absolute atomic E-state index is 14.5. The molecule has 1 aromatic rings. The first-order chi connectivity index (χ1) is 18.2. The van der Waals surface area contributed by atoms with Crippen LogP contribution in [0.3, 0.4) is 0 Å². The van der Waals surface area contributed by atoms with Gasteiger partial charge in [-0.05, 0) is 50.7 Å². The van der Waals surface area contributed by atoms with Crippen molar-refractivity contribution < 1.29 is 24.2 Å². The number of unbranched alkanes of at least 4 members (excludes halogenated alkanes) is 2. The molecule has 9 heteroatoms. The number of rotatable bonds is 12. The number of aliphatic hydroxyl groups excluding tert-OH is 1. The van der Waals surface area contributed by atoms with Gasteiger partial charge in [-0.3, -0.25) is 14.4 Å². The van der Waals surface area contributed by atoms with Crippen molar-refractivity contribution in [3.63, 3.8) is 0 Å². The maximum atomic E-state index is 14.5. The Labute approximate surface area is 234 Å². The molecule has 206 valence electrons. The quantitative estimate of drug-likeness (QED) is 0.230. The third-order valence-corrected chi connectivity index (χ3v) is 10.6. The number of aliphatic hydroxyl groups is 1. The Bertz CT molecular complexity index is 1100. The maximum Gasteiger partial charge on any atom is 0.310 e. The molecular formula is C29H37ClN2O5S. The number of fused-ring (bicyclic) bond motifs is 1.